The molecule has 0 aromatic rings. The van der Waals surface area contributed by atoms with Crippen LogP contribution in [0.2, 0.25) is 0 Å². The summed E-state index contributed by atoms with van der Waals surface area (Å²) in [5, 5.41) is 8.83. The van der Waals surface area contributed by atoms with Crippen molar-refractivity contribution in [1.29, 1.82) is 0 Å². The smallest absolute Gasteiger partial charge is 0.395 e. The van der Waals surface area contributed by atoms with E-state index < -0.39 is 29.5 Å². The second kappa shape index (κ2) is 6.18. The summed E-state index contributed by atoms with van der Waals surface area (Å²) < 4.78 is 62.0. The van der Waals surface area contributed by atoms with Crippen molar-refractivity contribution in [3.8, 4) is 0 Å². The van der Waals surface area contributed by atoms with E-state index in [1.165, 1.54) is 4.72 Å². The monoisotopic (exact) mass is 290 g/mol. The van der Waals surface area contributed by atoms with Gasteiger partial charge in [-0.05, 0) is 12.8 Å². The maximum Gasteiger partial charge on any atom is 0.402 e. The van der Waals surface area contributed by atoms with Gasteiger partial charge in [0.2, 0.25) is 0 Å². The molecule has 5 nitrogen and oxygen atoms in total. The number of aliphatic hydroxyl groups excluding tert-OH is 1. The van der Waals surface area contributed by atoms with Crippen LogP contribution < -0.4 is 4.72 Å². The first-order valence-electron chi connectivity index (χ1n) is 5.70. The number of hydrogen-bond donors (Lipinski definition) is 2. The van der Waals surface area contributed by atoms with Gasteiger partial charge in [0.25, 0.3) is 10.2 Å². The largest absolute Gasteiger partial charge is 0.402 e. The van der Waals surface area contributed by atoms with Crippen LogP contribution in [0.4, 0.5) is 13.2 Å². The zero-order valence-electron chi connectivity index (χ0n) is 9.78. The van der Waals surface area contributed by atoms with Crippen LogP contribution in [0.15, 0.2) is 0 Å². The second-order valence-corrected chi connectivity index (χ2v) is 5.92. The second-order valence-electron chi connectivity index (χ2n) is 4.21. The Hall–Kier alpha value is -0.380. The summed E-state index contributed by atoms with van der Waals surface area (Å²) in [4.78, 5) is 0. The Morgan fingerprint density at radius 3 is 2.28 bits per heavy atom. The predicted molar refractivity (Wildman–Crippen MR) is 59.0 cm³/mol. The lowest BCUT2D eigenvalue weighted by molar-refractivity contribution is -0.121. The van der Waals surface area contributed by atoms with Crippen molar-refractivity contribution in [1.82, 2.24) is 9.03 Å². The topological polar surface area (TPSA) is 69.6 Å². The number of nitrogens with one attached hydrogen (secondary N) is 1. The molecular weight excluding hydrogens is 273 g/mol. The lowest BCUT2D eigenvalue weighted by Crippen LogP contribution is -2.49. The molecule has 0 aliphatic heterocycles. The molecule has 0 spiro atoms. The van der Waals surface area contributed by atoms with Crippen LogP contribution in [0.3, 0.4) is 0 Å². The molecular formula is C9H17F3N2O3S. The molecule has 1 fully saturated rings. The molecule has 0 aromatic heterocycles. The SMILES string of the molecule is O=S(=O)(NCC(F)(F)F)N(CCO)C1CCCC1. The molecule has 18 heavy (non-hydrogen) atoms. The Morgan fingerprint density at radius 2 is 1.83 bits per heavy atom. The van der Waals surface area contributed by atoms with Gasteiger partial charge in [-0.2, -0.15) is 30.6 Å². The number of hydrogen-bond acceptors (Lipinski definition) is 3. The highest BCUT2D eigenvalue weighted by Gasteiger charge is 2.35. The number of aliphatic hydroxyl groups is 1. The fraction of sp³-hybridized carbons (Fsp3) is 1.00. The van der Waals surface area contributed by atoms with Crippen molar-refractivity contribution < 1.29 is 26.7 Å². The summed E-state index contributed by atoms with van der Waals surface area (Å²) >= 11 is 0. The average molecular weight is 290 g/mol. The number of nitrogens with zero attached hydrogens (tertiary/aromatic N) is 1. The highest BCUT2D eigenvalue weighted by atomic mass is 32.2. The molecule has 0 heterocycles. The molecule has 0 amide bonds. The third-order valence-corrected chi connectivity index (χ3v) is 4.42. The normalized spacial score (nSPS) is 18.7. The van der Waals surface area contributed by atoms with Gasteiger partial charge in [-0.3, -0.25) is 0 Å². The van der Waals surface area contributed by atoms with Gasteiger partial charge >= 0.3 is 6.18 Å². The summed E-state index contributed by atoms with van der Waals surface area (Å²) in [7, 11) is -4.20. The van der Waals surface area contributed by atoms with E-state index >= 15 is 0 Å². The van der Waals surface area contributed by atoms with Crippen molar-refractivity contribution in [3.63, 3.8) is 0 Å². The van der Waals surface area contributed by atoms with Crippen LogP contribution in [-0.4, -0.2) is 49.7 Å². The third-order valence-electron chi connectivity index (χ3n) is 2.82. The lowest BCUT2D eigenvalue weighted by atomic mass is 10.2. The third kappa shape index (κ3) is 4.71. The quantitative estimate of drug-likeness (QED) is 0.753. The molecule has 9 heteroatoms. The fourth-order valence-electron chi connectivity index (χ4n) is 2.05. The Morgan fingerprint density at radius 1 is 1.28 bits per heavy atom. The molecule has 1 saturated carbocycles. The van der Waals surface area contributed by atoms with Gasteiger partial charge in [-0.15, -0.1) is 0 Å². The number of rotatable bonds is 6. The highest BCUT2D eigenvalue weighted by molar-refractivity contribution is 7.87. The van der Waals surface area contributed by atoms with Crippen LogP contribution in [0.1, 0.15) is 25.7 Å². The van der Waals surface area contributed by atoms with Gasteiger partial charge in [0.15, 0.2) is 0 Å². The highest BCUT2D eigenvalue weighted by Crippen LogP contribution is 2.25. The van der Waals surface area contributed by atoms with Gasteiger partial charge in [-0.25, -0.2) is 0 Å². The first kappa shape index (κ1) is 15.7. The van der Waals surface area contributed by atoms with Gasteiger partial charge in [0.05, 0.1) is 6.61 Å². The van der Waals surface area contributed by atoms with Crippen LogP contribution in [0.25, 0.3) is 0 Å². The van der Waals surface area contributed by atoms with Crippen LogP contribution in [-0.2, 0) is 10.2 Å². The fourth-order valence-corrected chi connectivity index (χ4v) is 3.48. The van der Waals surface area contributed by atoms with E-state index in [1.54, 1.807) is 0 Å². The molecule has 0 unspecified atom stereocenters. The lowest BCUT2D eigenvalue weighted by Gasteiger charge is -2.27. The van der Waals surface area contributed by atoms with Crippen LogP contribution in [0, 0.1) is 0 Å². The molecule has 0 radical (unpaired) electrons. The molecule has 108 valence electrons. The van der Waals surface area contributed by atoms with E-state index in [0.717, 1.165) is 17.1 Å². The summed E-state index contributed by atoms with van der Waals surface area (Å²) in [5.74, 6) is 0. The summed E-state index contributed by atoms with van der Waals surface area (Å²) in [6, 6.07) is -0.317. The van der Waals surface area contributed by atoms with Gasteiger partial charge in [0.1, 0.15) is 6.54 Å². The molecule has 0 bridgehead atoms. The Labute approximate surface area is 104 Å². The van der Waals surface area contributed by atoms with E-state index in [0.29, 0.717) is 12.8 Å². The zero-order chi connectivity index (χ0) is 13.8. The van der Waals surface area contributed by atoms with E-state index in [1.807, 2.05) is 0 Å². The molecule has 0 atom stereocenters. The van der Waals surface area contributed by atoms with Crippen molar-refractivity contribution in [2.24, 2.45) is 0 Å². The van der Waals surface area contributed by atoms with Crippen molar-refractivity contribution in [2.75, 3.05) is 19.7 Å². The first-order chi connectivity index (χ1) is 8.26. The Balaban J connectivity index is 2.70. The summed E-state index contributed by atoms with van der Waals surface area (Å²) in [6.07, 6.45) is -1.66. The predicted octanol–water partition coefficient (Wildman–Crippen LogP) is 0.620. The maximum atomic E-state index is 12.0. The van der Waals surface area contributed by atoms with E-state index in [2.05, 4.69) is 0 Å². The van der Waals surface area contributed by atoms with E-state index in [-0.39, 0.29) is 12.6 Å². The van der Waals surface area contributed by atoms with E-state index in [4.69, 9.17) is 5.11 Å². The number of alkyl halides is 3. The standard InChI is InChI=1S/C9H17F3N2O3S/c10-9(11,12)7-13-18(16,17)14(5-6-15)8-3-1-2-4-8/h8,13,15H,1-7H2. The summed E-state index contributed by atoms with van der Waals surface area (Å²) in [6.45, 7) is -2.19. The van der Waals surface area contributed by atoms with Gasteiger partial charge in [0, 0.05) is 12.6 Å². The minimum Gasteiger partial charge on any atom is -0.395 e. The minimum absolute atomic E-state index is 0.183. The van der Waals surface area contributed by atoms with Gasteiger partial charge < -0.3 is 5.11 Å². The first-order valence-corrected chi connectivity index (χ1v) is 7.14. The Kier molecular flexibility index (Phi) is 5.38. The molecule has 0 aromatic carbocycles. The molecule has 1 rings (SSSR count). The summed E-state index contributed by atoms with van der Waals surface area (Å²) in [5.41, 5.74) is 0. The molecule has 1 aliphatic rings. The van der Waals surface area contributed by atoms with Crippen LogP contribution in [0.5, 0.6) is 0 Å². The average Bonchev–Trinajstić information content (AvgIpc) is 2.75. The van der Waals surface area contributed by atoms with Gasteiger partial charge in [-0.1, -0.05) is 12.8 Å². The van der Waals surface area contributed by atoms with Crippen molar-refractivity contribution in [2.45, 2.75) is 37.9 Å². The maximum absolute atomic E-state index is 12.0. The minimum atomic E-state index is -4.59. The molecule has 1 aliphatic carbocycles. The van der Waals surface area contributed by atoms with Crippen molar-refractivity contribution >= 4 is 10.2 Å². The van der Waals surface area contributed by atoms with E-state index in [9.17, 15) is 21.6 Å². The van der Waals surface area contributed by atoms with Crippen molar-refractivity contribution in [3.05, 3.63) is 0 Å². The number of halogens is 3. The Bertz CT molecular complexity index is 353. The van der Waals surface area contributed by atoms with Crippen LogP contribution >= 0.6 is 0 Å². The molecule has 0 saturated heterocycles. The molecule has 2 N–H and O–H groups in total. The zero-order valence-corrected chi connectivity index (χ0v) is 10.6.